The van der Waals surface area contributed by atoms with Gasteiger partial charge in [-0.2, -0.15) is 4.98 Å². The average molecular weight is 480 g/mol. The minimum Gasteiger partial charge on any atom is -0.481 e. The number of anilines is 3. The van der Waals surface area contributed by atoms with E-state index in [9.17, 15) is 9.59 Å². The number of aromatic amines is 1. The van der Waals surface area contributed by atoms with E-state index in [2.05, 4.69) is 25.8 Å². The normalized spacial score (nSPS) is 12.8. The molecule has 1 aliphatic rings. The Hall–Kier alpha value is -5.12. The van der Waals surface area contributed by atoms with Gasteiger partial charge in [0.05, 0.1) is 5.69 Å². The molecule has 0 spiro atoms. The highest BCUT2D eigenvalue weighted by Gasteiger charge is 2.28. The molecule has 0 saturated heterocycles. The van der Waals surface area contributed by atoms with Crippen molar-refractivity contribution in [2.75, 3.05) is 22.1 Å². The third kappa shape index (κ3) is 4.23. The van der Waals surface area contributed by atoms with Crippen LogP contribution in [0, 0.1) is 0 Å². The van der Waals surface area contributed by atoms with Crippen molar-refractivity contribution < 1.29 is 18.8 Å². The third-order valence-electron chi connectivity index (χ3n) is 5.77. The van der Waals surface area contributed by atoms with Crippen LogP contribution in [0.1, 0.15) is 5.89 Å². The van der Waals surface area contributed by atoms with Gasteiger partial charge in [-0.3, -0.25) is 9.69 Å². The van der Waals surface area contributed by atoms with E-state index < -0.39 is 6.03 Å². The fourth-order valence-corrected chi connectivity index (χ4v) is 4.03. The Labute approximate surface area is 204 Å². The second-order valence-corrected chi connectivity index (χ2v) is 8.19. The van der Waals surface area contributed by atoms with E-state index in [0.29, 0.717) is 34.5 Å². The van der Waals surface area contributed by atoms with Crippen LogP contribution >= 0.6 is 0 Å². The van der Waals surface area contributed by atoms with Crippen LogP contribution in [0.3, 0.4) is 0 Å². The topological polar surface area (TPSA) is 125 Å². The Morgan fingerprint density at radius 2 is 1.81 bits per heavy atom. The second kappa shape index (κ2) is 8.91. The van der Waals surface area contributed by atoms with Crippen LogP contribution in [0.2, 0.25) is 0 Å². The molecule has 10 nitrogen and oxygen atoms in total. The second-order valence-electron chi connectivity index (χ2n) is 8.19. The minimum absolute atomic E-state index is 0.101. The van der Waals surface area contributed by atoms with Gasteiger partial charge in [0.25, 0.3) is 5.91 Å². The molecule has 3 amide bonds. The molecule has 3 N–H and O–H groups in total. The quantitative estimate of drug-likeness (QED) is 0.332. The fraction of sp³-hybridized carbons (Fsp3) is 0.0769. The number of H-pyrrole nitrogens is 1. The Morgan fingerprint density at radius 1 is 1.00 bits per heavy atom. The maximum Gasteiger partial charge on any atom is 0.323 e. The van der Waals surface area contributed by atoms with Crippen LogP contribution in [0.5, 0.6) is 5.75 Å². The lowest BCUT2D eigenvalue weighted by atomic mass is 10.2. The first kappa shape index (κ1) is 21.4. The molecule has 36 heavy (non-hydrogen) atoms. The van der Waals surface area contributed by atoms with Crippen molar-refractivity contribution in [3.8, 4) is 17.1 Å². The van der Waals surface area contributed by atoms with Gasteiger partial charge in [0, 0.05) is 34.7 Å². The minimum atomic E-state index is -0.399. The predicted octanol–water partition coefficient (Wildman–Crippen LogP) is 4.79. The Bertz CT molecular complexity index is 1580. The number of benzene rings is 3. The summed E-state index contributed by atoms with van der Waals surface area (Å²) in [5, 5.41) is 10.7. The molecule has 5 aromatic rings. The molecule has 1 aliphatic heterocycles. The van der Waals surface area contributed by atoms with Gasteiger partial charge in [-0.05, 0) is 35.7 Å². The van der Waals surface area contributed by atoms with E-state index >= 15 is 0 Å². The lowest BCUT2D eigenvalue weighted by Gasteiger charge is -2.28. The number of hydrogen-bond donors (Lipinski definition) is 3. The smallest absolute Gasteiger partial charge is 0.323 e. The Kier molecular flexibility index (Phi) is 5.30. The largest absolute Gasteiger partial charge is 0.481 e. The third-order valence-corrected chi connectivity index (χ3v) is 5.77. The van der Waals surface area contributed by atoms with E-state index in [1.54, 1.807) is 18.2 Å². The molecular formula is C26H20N6O4. The van der Waals surface area contributed by atoms with Crippen molar-refractivity contribution >= 4 is 39.9 Å². The number of ether oxygens (including phenoxy) is 1. The monoisotopic (exact) mass is 480 g/mol. The van der Waals surface area contributed by atoms with E-state index in [1.165, 1.54) is 4.90 Å². The van der Waals surface area contributed by atoms with Gasteiger partial charge in [0.1, 0.15) is 12.3 Å². The van der Waals surface area contributed by atoms with Gasteiger partial charge in [-0.25, -0.2) is 4.79 Å². The predicted molar refractivity (Wildman–Crippen MR) is 134 cm³/mol. The van der Waals surface area contributed by atoms with Crippen molar-refractivity contribution in [2.45, 2.75) is 6.54 Å². The molecule has 2 aromatic heterocycles. The molecule has 0 radical (unpaired) electrons. The number of nitrogens with zero attached hydrogens (tertiary/aromatic N) is 3. The highest BCUT2D eigenvalue weighted by molar-refractivity contribution is 6.02. The van der Waals surface area contributed by atoms with Crippen LogP contribution < -0.4 is 20.3 Å². The van der Waals surface area contributed by atoms with Gasteiger partial charge >= 0.3 is 6.03 Å². The van der Waals surface area contributed by atoms with E-state index in [-0.39, 0.29) is 19.1 Å². The summed E-state index contributed by atoms with van der Waals surface area (Å²) < 4.78 is 11.0. The number of hydrogen-bond acceptors (Lipinski definition) is 6. The summed E-state index contributed by atoms with van der Waals surface area (Å²) in [5.74, 6) is 0.978. The summed E-state index contributed by atoms with van der Waals surface area (Å²) >= 11 is 0. The van der Waals surface area contributed by atoms with Gasteiger partial charge in [-0.15, -0.1) is 0 Å². The van der Waals surface area contributed by atoms with E-state index in [0.717, 1.165) is 16.5 Å². The van der Waals surface area contributed by atoms with Crippen molar-refractivity contribution in [3.05, 3.63) is 84.9 Å². The number of nitrogens with one attached hydrogen (secondary N) is 3. The zero-order valence-electron chi connectivity index (χ0n) is 18.9. The van der Waals surface area contributed by atoms with Crippen molar-refractivity contribution in [2.24, 2.45) is 0 Å². The number of aromatic nitrogens is 3. The lowest BCUT2D eigenvalue weighted by molar-refractivity contribution is -0.121. The van der Waals surface area contributed by atoms with Crippen molar-refractivity contribution in [1.82, 2.24) is 15.1 Å². The summed E-state index contributed by atoms with van der Waals surface area (Å²) in [5.41, 5.74) is 3.47. The number of urea groups is 1. The molecule has 178 valence electrons. The average Bonchev–Trinajstić information content (AvgIpc) is 3.56. The van der Waals surface area contributed by atoms with Gasteiger partial charge in [-0.1, -0.05) is 41.6 Å². The summed E-state index contributed by atoms with van der Waals surface area (Å²) in [4.78, 5) is 34.2. The first-order valence-electron chi connectivity index (χ1n) is 11.2. The fourth-order valence-electron chi connectivity index (χ4n) is 4.03. The first-order chi connectivity index (χ1) is 17.6. The lowest BCUT2D eigenvalue weighted by Crippen LogP contribution is -2.38. The molecule has 3 heterocycles. The van der Waals surface area contributed by atoms with Crippen LogP contribution in [-0.2, 0) is 11.3 Å². The molecule has 0 atom stereocenters. The maximum atomic E-state index is 12.6. The molecule has 0 fully saturated rings. The van der Waals surface area contributed by atoms with Crippen LogP contribution in [0.25, 0.3) is 22.3 Å². The zero-order chi connectivity index (χ0) is 24.5. The van der Waals surface area contributed by atoms with E-state index in [4.69, 9.17) is 9.26 Å². The zero-order valence-corrected chi connectivity index (χ0v) is 18.9. The Morgan fingerprint density at radius 3 is 2.67 bits per heavy atom. The number of carbonyl (C=O) groups is 2. The van der Waals surface area contributed by atoms with Gasteiger partial charge in [0.2, 0.25) is 11.7 Å². The first-order valence-corrected chi connectivity index (χ1v) is 11.2. The molecule has 6 rings (SSSR count). The summed E-state index contributed by atoms with van der Waals surface area (Å²) in [6.45, 7) is -0.0397. The highest BCUT2D eigenvalue weighted by Crippen LogP contribution is 2.35. The summed E-state index contributed by atoms with van der Waals surface area (Å²) in [6, 6.07) is 21.7. The van der Waals surface area contributed by atoms with Crippen LogP contribution in [0.15, 0.2) is 83.5 Å². The summed E-state index contributed by atoms with van der Waals surface area (Å²) in [7, 11) is 0. The van der Waals surface area contributed by atoms with E-state index in [1.807, 2.05) is 60.8 Å². The molecule has 0 unspecified atom stereocenters. The van der Waals surface area contributed by atoms with Gasteiger partial charge in [0.15, 0.2) is 6.61 Å². The summed E-state index contributed by atoms with van der Waals surface area (Å²) in [6.07, 6.45) is 1.84. The van der Waals surface area contributed by atoms with Gasteiger partial charge < -0.3 is 24.9 Å². The van der Waals surface area contributed by atoms with Crippen molar-refractivity contribution in [3.63, 3.8) is 0 Å². The Balaban J connectivity index is 1.16. The molecule has 0 bridgehead atoms. The number of fused-ring (bicyclic) bond motifs is 2. The van der Waals surface area contributed by atoms with Crippen LogP contribution in [0.4, 0.5) is 21.9 Å². The molecule has 0 saturated carbocycles. The molecular weight excluding hydrogens is 460 g/mol. The molecule has 0 aliphatic carbocycles. The molecule has 10 heteroatoms. The highest BCUT2D eigenvalue weighted by atomic mass is 16.5. The SMILES string of the molecule is O=C(Nc1ccc2c(c1)OCC(=O)N2Cc1nc(-c2ccccc2)no1)Nc1ccc2cc[nH]c2c1. The number of amides is 3. The number of carbonyl (C=O) groups excluding carboxylic acids is 2. The standard InChI is InChI=1S/C26H20N6O4/c33-24-15-35-22-13-19(29-26(34)28-18-7-6-16-10-11-27-20(16)12-18)8-9-21(22)32(24)14-23-30-25(31-36-23)17-4-2-1-3-5-17/h1-13,27H,14-15H2,(H2,28,29,34). The van der Waals surface area contributed by atoms with Crippen molar-refractivity contribution in [1.29, 1.82) is 0 Å². The maximum absolute atomic E-state index is 12.6. The molecule has 3 aromatic carbocycles. The van der Waals surface area contributed by atoms with Crippen LogP contribution in [-0.4, -0.2) is 33.7 Å². The number of rotatable bonds is 5.